The van der Waals surface area contributed by atoms with Crippen molar-refractivity contribution >= 4 is 27.0 Å². The highest BCUT2D eigenvalue weighted by Crippen LogP contribution is 2.34. The molecule has 29 heavy (non-hydrogen) atoms. The molecule has 1 heterocycles. The molecule has 2 aromatic rings. The normalized spacial score (nSPS) is 14.6. The van der Waals surface area contributed by atoms with Crippen LogP contribution in [0.1, 0.15) is 31.2 Å². The zero-order valence-corrected chi connectivity index (χ0v) is 18.4. The van der Waals surface area contributed by atoms with Gasteiger partial charge in [-0.05, 0) is 43.6 Å². The van der Waals surface area contributed by atoms with Gasteiger partial charge < -0.3 is 18.8 Å². The van der Waals surface area contributed by atoms with Crippen LogP contribution in [0.2, 0.25) is 0 Å². The van der Waals surface area contributed by atoms with E-state index < -0.39 is 10.0 Å². The van der Waals surface area contributed by atoms with Crippen molar-refractivity contribution in [2.45, 2.75) is 33.1 Å². The van der Waals surface area contributed by atoms with Crippen LogP contribution in [0.3, 0.4) is 0 Å². The molecule has 1 fully saturated rings. The molecule has 8 heteroatoms. The maximum atomic E-state index is 11.3. The van der Waals surface area contributed by atoms with Gasteiger partial charge in [-0.2, -0.15) is 5.26 Å². The Morgan fingerprint density at radius 2 is 2.10 bits per heavy atom. The van der Waals surface area contributed by atoms with Crippen LogP contribution >= 0.6 is 10.0 Å². The Balaban J connectivity index is 1.86. The number of benzene rings is 1. The smallest absolute Gasteiger partial charge is 0.303 e. The molecule has 0 saturated heterocycles. The summed E-state index contributed by atoms with van der Waals surface area (Å²) in [5.74, 6) is 2.36. The summed E-state index contributed by atoms with van der Waals surface area (Å²) in [6.45, 7) is 2.97. The molecule has 0 spiro atoms. The van der Waals surface area contributed by atoms with Crippen molar-refractivity contribution in [1.82, 2.24) is 9.55 Å². The highest BCUT2D eigenvalue weighted by molar-refractivity contribution is 8.32. The molecular weight excluding hydrogens is 390 g/mol. The minimum Gasteiger partial charge on any atom is -0.492 e. The summed E-state index contributed by atoms with van der Waals surface area (Å²) in [6, 6.07) is 5.79. The van der Waals surface area contributed by atoms with Crippen LogP contribution in [0.15, 0.2) is 12.1 Å². The maximum absolute atomic E-state index is 11.3. The molecule has 0 bridgehead atoms. The van der Waals surface area contributed by atoms with Crippen LogP contribution in [0.25, 0.3) is 11.0 Å². The number of esters is 1. The van der Waals surface area contributed by atoms with Gasteiger partial charge in [-0.25, -0.2) is 15.0 Å². The van der Waals surface area contributed by atoms with Crippen molar-refractivity contribution in [1.29, 1.82) is 5.26 Å². The van der Waals surface area contributed by atoms with Crippen LogP contribution < -0.4 is 4.74 Å². The summed E-state index contributed by atoms with van der Waals surface area (Å²) in [5.41, 5.74) is 1.94. The number of aromatic nitrogens is 2. The molecule has 1 saturated carbocycles. The lowest BCUT2D eigenvalue weighted by atomic mass is 10.2. The molecule has 1 aliphatic rings. The predicted molar refractivity (Wildman–Crippen MR) is 114 cm³/mol. The van der Waals surface area contributed by atoms with Crippen molar-refractivity contribution in [3.05, 3.63) is 23.5 Å². The number of nitrogens with zero attached hydrogens (tertiary/aromatic N) is 3. The van der Waals surface area contributed by atoms with Crippen molar-refractivity contribution < 1.29 is 19.0 Å². The Morgan fingerprint density at radius 3 is 2.72 bits per heavy atom. The van der Waals surface area contributed by atoms with Crippen molar-refractivity contribution in [2.24, 2.45) is 5.92 Å². The van der Waals surface area contributed by atoms with Gasteiger partial charge >= 0.3 is 5.97 Å². The van der Waals surface area contributed by atoms with Crippen molar-refractivity contribution in [3.63, 3.8) is 0 Å². The molecule has 0 aliphatic heterocycles. The Bertz CT molecular complexity index is 923. The lowest BCUT2D eigenvalue weighted by molar-refractivity contribution is -0.142. The lowest BCUT2D eigenvalue weighted by Gasteiger charge is -2.24. The average Bonchev–Trinajstić information content (AvgIpc) is 3.41. The third kappa shape index (κ3) is 6.12. The summed E-state index contributed by atoms with van der Waals surface area (Å²) in [7, 11) is -0.643. The molecule has 1 aliphatic carbocycles. The highest BCUT2D eigenvalue weighted by atomic mass is 32.3. The fourth-order valence-corrected chi connectivity index (χ4v) is 3.40. The van der Waals surface area contributed by atoms with E-state index in [4.69, 9.17) is 14.2 Å². The number of nitriles is 1. The van der Waals surface area contributed by atoms with E-state index in [0.717, 1.165) is 11.3 Å². The molecule has 0 atom stereocenters. The summed E-state index contributed by atoms with van der Waals surface area (Å²) in [5, 5.41) is 9.58. The van der Waals surface area contributed by atoms with E-state index in [-0.39, 0.29) is 19.3 Å². The van der Waals surface area contributed by atoms with E-state index in [9.17, 15) is 10.1 Å². The maximum Gasteiger partial charge on any atom is 0.303 e. The van der Waals surface area contributed by atoms with Crippen LogP contribution in [-0.4, -0.2) is 53.3 Å². The third-order valence-electron chi connectivity index (χ3n) is 4.69. The van der Waals surface area contributed by atoms with Gasteiger partial charge in [-0.3, -0.25) is 4.79 Å². The van der Waals surface area contributed by atoms with Crippen LogP contribution in [0.4, 0.5) is 0 Å². The number of hydrogen-bond acceptors (Lipinski definition) is 6. The average molecular weight is 420 g/mol. The van der Waals surface area contributed by atoms with Gasteiger partial charge in [0.25, 0.3) is 0 Å². The summed E-state index contributed by atoms with van der Waals surface area (Å²) in [4.78, 5) is 15.9. The van der Waals surface area contributed by atoms with E-state index in [1.165, 1.54) is 19.8 Å². The Hall–Kier alpha value is -2.24. The second kappa shape index (κ2) is 9.06. The number of fused-ring (bicyclic) bond motifs is 1. The Morgan fingerprint density at radius 1 is 1.34 bits per heavy atom. The first-order valence-electron chi connectivity index (χ1n) is 9.70. The molecule has 1 aromatic heterocycles. The summed E-state index contributed by atoms with van der Waals surface area (Å²) >= 11 is 0. The number of hydrogen-bond donors (Lipinski definition) is 0. The SMILES string of the molecule is CC(=O)OCc1nc2cc(OCC3CC3)c(C#N)cc2n1COCCS(C)(C)C. The van der Waals surface area contributed by atoms with E-state index in [1.807, 2.05) is 4.57 Å². The molecule has 158 valence electrons. The summed E-state index contributed by atoms with van der Waals surface area (Å²) < 4.78 is 18.8. The van der Waals surface area contributed by atoms with Gasteiger partial charge in [-0.1, -0.05) is 0 Å². The molecule has 0 N–H and O–H groups in total. The standard InChI is InChI=1S/C21H29N3O4S/c1-15(25)27-13-21-23-18-10-20(28-12-16-5-6-16)17(11-22)9-19(18)24(21)14-26-7-8-29(2,3)4/h9-10,16H,5-8,12-14H2,1-4H3. The first-order valence-corrected chi connectivity index (χ1v) is 12.7. The predicted octanol–water partition coefficient (Wildman–Crippen LogP) is 3.43. The second-order valence-electron chi connectivity index (χ2n) is 8.27. The van der Waals surface area contributed by atoms with E-state index in [0.29, 0.717) is 41.8 Å². The summed E-state index contributed by atoms with van der Waals surface area (Å²) in [6.07, 6.45) is 9.10. The number of ether oxygens (including phenoxy) is 3. The molecule has 0 amide bonds. The molecule has 1 aromatic carbocycles. The minimum atomic E-state index is -0.643. The molecule has 0 unspecified atom stereocenters. The quantitative estimate of drug-likeness (QED) is 0.433. The fourth-order valence-electron chi connectivity index (χ4n) is 2.79. The van der Waals surface area contributed by atoms with E-state index in [2.05, 4.69) is 29.8 Å². The zero-order chi connectivity index (χ0) is 21.0. The van der Waals surface area contributed by atoms with Crippen LogP contribution in [0, 0.1) is 17.2 Å². The second-order valence-corrected chi connectivity index (χ2v) is 12.9. The van der Waals surface area contributed by atoms with Gasteiger partial charge in [0.1, 0.15) is 31.0 Å². The topological polar surface area (TPSA) is 86.4 Å². The van der Waals surface area contributed by atoms with Gasteiger partial charge in [0, 0.05) is 18.7 Å². The lowest BCUT2D eigenvalue weighted by Crippen LogP contribution is -2.13. The molecular formula is C21H29N3O4S. The first-order chi connectivity index (χ1) is 13.8. The highest BCUT2D eigenvalue weighted by Gasteiger charge is 2.23. The van der Waals surface area contributed by atoms with Crippen LogP contribution in [-0.2, 0) is 27.6 Å². The number of carbonyl (C=O) groups excluding carboxylic acids is 1. The number of rotatable bonds is 10. The van der Waals surface area contributed by atoms with Gasteiger partial charge in [0.2, 0.25) is 0 Å². The van der Waals surface area contributed by atoms with Crippen molar-refractivity contribution in [2.75, 3.05) is 37.7 Å². The first kappa shape index (κ1) is 21.5. The minimum absolute atomic E-state index is 0.0536. The molecule has 3 rings (SSSR count). The Labute approximate surface area is 173 Å². The largest absolute Gasteiger partial charge is 0.492 e. The van der Waals surface area contributed by atoms with Crippen molar-refractivity contribution in [3.8, 4) is 11.8 Å². The van der Waals surface area contributed by atoms with Gasteiger partial charge in [0.15, 0.2) is 0 Å². The van der Waals surface area contributed by atoms with Gasteiger partial charge in [0.05, 0.1) is 29.8 Å². The van der Waals surface area contributed by atoms with E-state index in [1.54, 1.807) is 12.1 Å². The zero-order valence-electron chi connectivity index (χ0n) is 17.6. The number of imidazole rings is 1. The molecule has 7 nitrogen and oxygen atoms in total. The molecule has 0 radical (unpaired) electrons. The van der Waals surface area contributed by atoms with E-state index >= 15 is 0 Å². The number of carbonyl (C=O) groups is 1. The third-order valence-corrected chi connectivity index (χ3v) is 6.08. The van der Waals surface area contributed by atoms with Gasteiger partial charge in [-0.15, -0.1) is 0 Å². The Kier molecular flexibility index (Phi) is 6.70. The fraction of sp³-hybridized carbons (Fsp3) is 0.571. The monoisotopic (exact) mass is 419 g/mol. The van der Waals surface area contributed by atoms with Crippen LogP contribution in [0.5, 0.6) is 5.75 Å².